The Bertz CT molecular complexity index is 439. The van der Waals surface area contributed by atoms with Crippen molar-refractivity contribution >= 4 is 11.8 Å². The van der Waals surface area contributed by atoms with Gasteiger partial charge in [-0.2, -0.15) is 0 Å². The lowest BCUT2D eigenvalue weighted by Crippen LogP contribution is -2.35. The molecule has 0 unspecified atom stereocenters. The molecule has 0 radical (unpaired) electrons. The van der Waals surface area contributed by atoms with Crippen LogP contribution in [0.5, 0.6) is 0 Å². The van der Waals surface area contributed by atoms with Crippen LogP contribution in [0, 0.1) is 0 Å². The van der Waals surface area contributed by atoms with Gasteiger partial charge in [-0.05, 0) is 0 Å². The van der Waals surface area contributed by atoms with Crippen molar-refractivity contribution in [2.45, 2.75) is 6.92 Å². The molecule has 0 aliphatic heterocycles. The van der Waals surface area contributed by atoms with Gasteiger partial charge in [0.25, 0.3) is 5.91 Å². The molecular formula is C10H13N3O3. The fraction of sp³-hybridized carbons (Fsp3) is 0.300. The molecular weight excluding hydrogens is 210 g/mol. The fourth-order valence-corrected chi connectivity index (χ4v) is 1.10. The number of carbonyl (C=O) groups excluding carboxylic acids is 2. The normalized spacial score (nSPS) is 9.56. The minimum absolute atomic E-state index is 0.0605. The average molecular weight is 223 g/mol. The number of aromatic nitrogens is 1. The van der Waals surface area contributed by atoms with Crippen LogP contribution < -0.4 is 16.1 Å². The Balaban J connectivity index is 2.45. The molecule has 0 bridgehead atoms. The minimum Gasteiger partial charge on any atom is -0.367 e. The summed E-state index contributed by atoms with van der Waals surface area (Å²) in [4.78, 5) is 35.9. The Labute approximate surface area is 92.1 Å². The van der Waals surface area contributed by atoms with Gasteiger partial charge in [0.05, 0.1) is 0 Å². The summed E-state index contributed by atoms with van der Waals surface area (Å²) >= 11 is 0. The number of hydrogen-bond acceptors (Lipinski definition) is 3. The lowest BCUT2D eigenvalue weighted by molar-refractivity contribution is -0.118. The molecule has 0 aromatic carbocycles. The predicted octanol–water partition coefficient (Wildman–Crippen LogP) is -0.759. The third-order valence-corrected chi connectivity index (χ3v) is 1.85. The first-order valence-electron chi connectivity index (χ1n) is 4.81. The van der Waals surface area contributed by atoms with Gasteiger partial charge in [0.15, 0.2) is 5.43 Å². The van der Waals surface area contributed by atoms with E-state index in [1.807, 2.05) is 0 Å². The van der Waals surface area contributed by atoms with Crippen LogP contribution in [0.3, 0.4) is 0 Å². The largest absolute Gasteiger partial charge is 0.367 e. The molecule has 1 aromatic rings. The van der Waals surface area contributed by atoms with E-state index in [0.717, 1.165) is 0 Å². The Morgan fingerprint density at radius 2 is 2.00 bits per heavy atom. The number of carbonyl (C=O) groups is 2. The maximum atomic E-state index is 11.5. The fourth-order valence-electron chi connectivity index (χ4n) is 1.10. The number of rotatable bonds is 4. The Morgan fingerprint density at radius 3 is 2.62 bits per heavy atom. The van der Waals surface area contributed by atoms with Crippen molar-refractivity contribution < 1.29 is 9.59 Å². The first-order valence-corrected chi connectivity index (χ1v) is 4.81. The zero-order valence-corrected chi connectivity index (χ0v) is 8.87. The van der Waals surface area contributed by atoms with Crippen molar-refractivity contribution in [2.75, 3.05) is 13.1 Å². The van der Waals surface area contributed by atoms with Crippen molar-refractivity contribution in [2.24, 2.45) is 0 Å². The van der Waals surface area contributed by atoms with Crippen molar-refractivity contribution in [3.05, 3.63) is 34.2 Å². The topological polar surface area (TPSA) is 91.1 Å². The molecule has 0 saturated carbocycles. The number of aromatic amines is 1. The summed E-state index contributed by atoms with van der Waals surface area (Å²) < 4.78 is 0. The highest BCUT2D eigenvalue weighted by Crippen LogP contribution is 1.86. The predicted molar refractivity (Wildman–Crippen MR) is 58.1 cm³/mol. The van der Waals surface area contributed by atoms with Gasteiger partial charge in [-0.15, -0.1) is 0 Å². The van der Waals surface area contributed by atoms with Crippen LogP contribution in [0.2, 0.25) is 0 Å². The Hall–Kier alpha value is -2.11. The van der Waals surface area contributed by atoms with Crippen LogP contribution in [-0.2, 0) is 4.79 Å². The molecule has 1 rings (SSSR count). The zero-order valence-electron chi connectivity index (χ0n) is 8.87. The average Bonchev–Trinajstić information content (AvgIpc) is 2.24. The number of H-pyrrole nitrogens is 1. The first kappa shape index (κ1) is 12.0. The second-order valence-electron chi connectivity index (χ2n) is 3.16. The van der Waals surface area contributed by atoms with Crippen LogP contribution in [0.1, 0.15) is 17.3 Å². The lowest BCUT2D eigenvalue weighted by Gasteiger charge is -2.04. The summed E-state index contributed by atoms with van der Waals surface area (Å²) in [5, 5.41) is 5.05. The van der Waals surface area contributed by atoms with E-state index < -0.39 is 5.91 Å². The standard InChI is InChI=1S/C10H13N3O3/c1-7(14)12-4-5-13-10(16)8-6-11-3-2-9(8)15/h2-3,6H,4-5H2,1H3,(H,11,15)(H,12,14)(H,13,16). The Morgan fingerprint density at radius 1 is 1.31 bits per heavy atom. The third-order valence-electron chi connectivity index (χ3n) is 1.85. The van der Waals surface area contributed by atoms with E-state index in [4.69, 9.17) is 0 Å². The maximum absolute atomic E-state index is 11.5. The number of hydrogen-bond donors (Lipinski definition) is 3. The quantitative estimate of drug-likeness (QED) is 0.586. The van der Waals surface area contributed by atoms with Crippen molar-refractivity contribution in [3.8, 4) is 0 Å². The number of pyridine rings is 1. The van der Waals surface area contributed by atoms with Crippen molar-refractivity contribution in [3.63, 3.8) is 0 Å². The summed E-state index contributed by atoms with van der Waals surface area (Å²) in [6, 6.07) is 1.28. The molecule has 86 valence electrons. The molecule has 1 aromatic heterocycles. The molecule has 2 amide bonds. The van der Waals surface area contributed by atoms with E-state index >= 15 is 0 Å². The van der Waals surface area contributed by atoms with Gasteiger partial charge in [0.1, 0.15) is 5.56 Å². The monoisotopic (exact) mass is 223 g/mol. The molecule has 0 fully saturated rings. The minimum atomic E-state index is -0.452. The molecule has 6 nitrogen and oxygen atoms in total. The second-order valence-corrected chi connectivity index (χ2v) is 3.16. The van der Waals surface area contributed by atoms with Crippen molar-refractivity contribution in [1.29, 1.82) is 0 Å². The molecule has 3 N–H and O–H groups in total. The molecule has 1 heterocycles. The van der Waals surface area contributed by atoms with Gasteiger partial charge in [0.2, 0.25) is 5.91 Å². The van der Waals surface area contributed by atoms with Gasteiger partial charge in [-0.25, -0.2) is 0 Å². The molecule has 0 spiro atoms. The maximum Gasteiger partial charge on any atom is 0.256 e. The summed E-state index contributed by atoms with van der Waals surface area (Å²) in [5.74, 6) is -0.612. The first-order chi connectivity index (χ1) is 7.61. The zero-order chi connectivity index (χ0) is 12.0. The van der Waals surface area contributed by atoms with Crippen LogP contribution in [0.25, 0.3) is 0 Å². The molecule has 6 heteroatoms. The summed E-state index contributed by atoms with van der Waals surface area (Å²) in [6.07, 6.45) is 2.80. The highest BCUT2D eigenvalue weighted by Gasteiger charge is 2.07. The molecule has 0 saturated heterocycles. The van der Waals surface area contributed by atoms with Crippen LogP contribution in [0.4, 0.5) is 0 Å². The smallest absolute Gasteiger partial charge is 0.256 e. The van der Waals surface area contributed by atoms with E-state index in [-0.39, 0.29) is 23.4 Å². The van der Waals surface area contributed by atoms with E-state index in [2.05, 4.69) is 15.6 Å². The highest BCUT2D eigenvalue weighted by atomic mass is 16.2. The van der Waals surface area contributed by atoms with E-state index in [9.17, 15) is 14.4 Å². The van der Waals surface area contributed by atoms with Gasteiger partial charge in [0, 0.05) is 38.5 Å². The SMILES string of the molecule is CC(=O)NCCNC(=O)c1c[nH]ccc1=O. The van der Waals surface area contributed by atoms with Crippen molar-refractivity contribution in [1.82, 2.24) is 15.6 Å². The summed E-state index contributed by atoms with van der Waals surface area (Å²) in [7, 11) is 0. The summed E-state index contributed by atoms with van der Waals surface area (Å²) in [5.41, 5.74) is -0.277. The van der Waals surface area contributed by atoms with E-state index in [0.29, 0.717) is 6.54 Å². The van der Waals surface area contributed by atoms with E-state index in [1.54, 1.807) is 0 Å². The van der Waals surface area contributed by atoms with Gasteiger partial charge in [-0.1, -0.05) is 0 Å². The highest BCUT2D eigenvalue weighted by molar-refractivity contribution is 5.93. The van der Waals surface area contributed by atoms with Crippen LogP contribution >= 0.6 is 0 Å². The van der Waals surface area contributed by atoms with Gasteiger partial charge >= 0.3 is 0 Å². The Kier molecular flexibility index (Phi) is 4.26. The van der Waals surface area contributed by atoms with Gasteiger partial charge < -0.3 is 15.6 Å². The molecule has 0 aliphatic rings. The molecule has 0 atom stereocenters. The third kappa shape index (κ3) is 3.56. The van der Waals surface area contributed by atoms with Gasteiger partial charge in [-0.3, -0.25) is 14.4 Å². The lowest BCUT2D eigenvalue weighted by atomic mass is 10.2. The second kappa shape index (κ2) is 5.69. The number of amides is 2. The number of nitrogens with one attached hydrogen (secondary N) is 3. The van der Waals surface area contributed by atoms with Crippen LogP contribution in [0.15, 0.2) is 23.3 Å². The molecule has 16 heavy (non-hydrogen) atoms. The van der Waals surface area contributed by atoms with Crippen LogP contribution in [-0.4, -0.2) is 29.9 Å². The molecule has 0 aliphatic carbocycles. The summed E-state index contributed by atoms with van der Waals surface area (Å²) in [6.45, 7) is 2.02. The van der Waals surface area contributed by atoms with E-state index in [1.165, 1.54) is 25.4 Å².